The van der Waals surface area contributed by atoms with Crippen molar-refractivity contribution in [1.29, 1.82) is 5.26 Å². The number of halogens is 2. The number of methoxy groups -OCH3 is 2. The van der Waals surface area contributed by atoms with E-state index in [0.717, 1.165) is 12.1 Å². The highest BCUT2D eigenvalue weighted by Crippen LogP contribution is 2.39. The van der Waals surface area contributed by atoms with Crippen LogP contribution in [-0.2, 0) is 14.4 Å². The second-order valence-corrected chi connectivity index (χ2v) is 6.79. The minimum atomic E-state index is -1.25. The highest BCUT2D eigenvalue weighted by Gasteiger charge is 2.42. The van der Waals surface area contributed by atoms with Crippen molar-refractivity contribution >= 4 is 46.7 Å². The Bertz CT molecular complexity index is 1250. The third-order valence-corrected chi connectivity index (χ3v) is 4.75. The van der Waals surface area contributed by atoms with Crippen molar-refractivity contribution in [2.45, 2.75) is 0 Å². The smallest absolute Gasteiger partial charge is 0.336 e. The molecule has 168 valence electrons. The number of carbonyl (C=O) groups is 4. The van der Waals surface area contributed by atoms with E-state index in [4.69, 9.17) is 21.1 Å². The van der Waals surface area contributed by atoms with Gasteiger partial charge in [0.1, 0.15) is 34.5 Å². The van der Waals surface area contributed by atoms with Crippen molar-refractivity contribution < 1.29 is 33.0 Å². The number of barbiturate groups is 1. The highest BCUT2D eigenvalue weighted by molar-refractivity contribution is 6.40. The average Bonchev–Trinajstić information content (AvgIpc) is 2.78. The largest absolute Gasteiger partial charge is 0.495 e. The third kappa shape index (κ3) is 4.46. The molecule has 2 aromatic carbocycles. The van der Waals surface area contributed by atoms with Gasteiger partial charge in [-0.25, -0.2) is 14.1 Å². The maximum Gasteiger partial charge on any atom is 0.336 e. The highest BCUT2D eigenvalue weighted by atomic mass is 35.5. The number of hydrogen-bond donors (Lipinski definition) is 2. The molecule has 0 aromatic heterocycles. The molecule has 1 aliphatic heterocycles. The Kier molecular flexibility index (Phi) is 6.60. The molecule has 0 radical (unpaired) electrons. The van der Waals surface area contributed by atoms with Gasteiger partial charge in [0.25, 0.3) is 17.7 Å². The number of carbonyl (C=O) groups excluding carboxylic acids is 4. The Labute approximate surface area is 191 Å². The van der Waals surface area contributed by atoms with Gasteiger partial charge in [-0.3, -0.25) is 19.7 Å². The summed E-state index contributed by atoms with van der Waals surface area (Å²) < 4.78 is 23.4. The molecular weight excluding hydrogens is 459 g/mol. The summed E-state index contributed by atoms with van der Waals surface area (Å²) in [7, 11) is 2.56. The normalized spacial score (nSPS) is 14.9. The van der Waals surface area contributed by atoms with E-state index in [0.29, 0.717) is 4.90 Å². The van der Waals surface area contributed by atoms with E-state index >= 15 is 0 Å². The number of imide groups is 2. The van der Waals surface area contributed by atoms with E-state index in [1.807, 2.05) is 5.32 Å². The first kappa shape index (κ1) is 23.2. The first-order valence-corrected chi connectivity index (χ1v) is 9.42. The first-order chi connectivity index (χ1) is 15.7. The number of amides is 5. The molecule has 0 unspecified atom stereocenters. The minimum absolute atomic E-state index is 0.0210. The molecule has 2 N–H and O–H groups in total. The molecule has 33 heavy (non-hydrogen) atoms. The molecule has 0 atom stereocenters. The lowest BCUT2D eigenvalue weighted by atomic mass is 10.0. The molecule has 0 aliphatic carbocycles. The predicted octanol–water partition coefficient (Wildman–Crippen LogP) is 2.54. The summed E-state index contributed by atoms with van der Waals surface area (Å²) in [6.45, 7) is 0. The fraction of sp³-hybridized carbons (Fsp3) is 0.0952. The van der Waals surface area contributed by atoms with Gasteiger partial charge in [0.2, 0.25) is 0 Å². The monoisotopic (exact) mass is 472 g/mol. The van der Waals surface area contributed by atoms with Gasteiger partial charge in [-0.05, 0) is 24.3 Å². The maximum atomic E-state index is 13.2. The van der Waals surface area contributed by atoms with Gasteiger partial charge in [-0.15, -0.1) is 0 Å². The van der Waals surface area contributed by atoms with Crippen molar-refractivity contribution in [2.24, 2.45) is 0 Å². The van der Waals surface area contributed by atoms with Crippen molar-refractivity contribution in [1.82, 2.24) is 5.32 Å². The van der Waals surface area contributed by atoms with Gasteiger partial charge in [0.05, 0.1) is 24.9 Å². The molecule has 10 nitrogen and oxygen atoms in total. The number of rotatable bonds is 5. The summed E-state index contributed by atoms with van der Waals surface area (Å²) in [5, 5.41) is 13.8. The van der Waals surface area contributed by atoms with E-state index in [-0.39, 0.29) is 27.9 Å². The summed E-state index contributed by atoms with van der Waals surface area (Å²) in [5.74, 6) is -4.10. The molecule has 1 heterocycles. The Morgan fingerprint density at radius 2 is 1.76 bits per heavy atom. The van der Waals surface area contributed by atoms with Crippen LogP contribution in [-0.4, -0.2) is 38.0 Å². The molecule has 2 aromatic rings. The van der Waals surface area contributed by atoms with E-state index in [2.05, 4.69) is 5.32 Å². The minimum Gasteiger partial charge on any atom is -0.495 e. The number of benzene rings is 2. The quantitative estimate of drug-likeness (QED) is 0.387. The van der Waals surface area contributed by atoms with Gasteiger partial charge < -0.3 is 14.8 Å². The Morgan fingerprint density at radius 1 is 1.12 bits per heavy atom. The van der Waals surface area contributed by atoms with Gasteiger partial charge >= 0.3 is 6.03 Å². The van der Waals surface area contributed by atoms with Gasteiger partial charge in [0.15, 0.2) is 0 Å². The van der Waals surface area contributed by atoms with Crippen LogP contribution in [0.4, 0.5) is 20.6 Å². The van der Waals surface area contributed by atoms with Crippen molar-refractivity contribution in [2.75, 3.05) is 24.4 Å². The van der Waals surface area contributed by atoms with Crippen LogP contribution in [0.5, 0.6) is 11.5 Å². The predicted molar refractivity (Wildman–Crippen MR) is 113 cm³/mol. The van der Waals surface area contributed by atoms with E-state index < -0.39 is 40.7 Å². The van der Waals surface area contributed by atoms with E-state index in [1.165, 1.54) is 44.6 Å². The van der Waals surface area contributed by atoms with E-state index in [9.17, 15) is 28.8 Å². The Balaban J connectivity index is 2.09. The second-order valence-electron chi connectivity index (χ2n) is 6.38. The van der Waals surface area contributed by atoms with Crippen LogP contribution >= 0.6 is 11.6 Å². The number of urea groups is 1. The fourth-order valence-corrected chi connectivity index (χ4v) is 3.15. The summed E-state index contributed by atoms with van der Waals surface area (Å²) in [4.78, 5) is 51.3. The maximum absolute atomic E-state index is 13.2. The van der Waals surface area contributed by atoms with Crippen LogP contribution in [0.25, 0.3) is 0 Å². The standard InChI is InChI=1S/C21H14ClFN4O6/c1-32-15-8-14(16(33-2)7-13(15)22)27-20(30)17(19(29)26-21(27)31)12(9-24)18(28)25-11-5-3-10(23)4-6-11/h3-8H,1-2H3,(H,25,28)(H,26,29,31)/b17-12+. The number of nitriles is 1. The van der Waals surface area contributed by atoms with Crippen LogP contribution < -0.4 is 25.0 Å². The average molecular weight is 473 g/mol. The van der Waals surface area contributed by atoms with Crippen LogP contribution in [0.3, 0.4) is 0 Å². The topological polar surface area (TPSA) is 138 Å². The van der Waals surface area contributed by atoms with Gasteiger partial charge in [-0.1, -0.05) is 11.6 Å². The van der Waals surface area contributed by atoms with Crippen LogP contribution in [0.15, 0.2) is 47.5 Å². The van der Waals surface area contributed by atoms with Gasteiger partial charge in [0, 0.05) is 17.8 Å². The van der Waals surface area contributed by atoms with Crippen molar-refractivity contribution in [3.8, 4) is 17.6 Å². The van der Waals surface area contributed by atoms with Gasteiger partial charge in [-0.2, -0.15) is 5.26 Å². The summed E-state index contributed by atoms with van der Waals surface area (Å²) in [5.41, 5.74) is -1.79. The third-order valence-electron chi connectivity index (χ3n) is 4.45. The molecule has 0 bridgehead atoms. The molecule has 0 saturated carbocycles. The zero-order chi connectivity index (χ0) is 24.3. The lowest BCUT2D eigenvalue weighted by Gasteiger charge is -2.28. The lowest BCUT2D eigenvalue weighted by Crippen LogP contribution is -2.55. The summed E-state index contributed by atoms with van der Waals surface area (Å²) >= 11 is 6.05. The summed E-state index contributed by atoms with van der Waals surface area (Å²) in [6.07, 6.45) is 0. The van der Waals surface area contributed by atoms with Crippen molar-refractivity contribution in [3.63, 3.8) is 0 Å². The lowest BCUT2D eigenvalue weighted by molar-refractivity contribution is -0.123. The van der Waals surface area contributed by atoms with Crippen LogP contribution in [0.1, 0.15) is 0 Å². The van der Waals surface area contributed by atoms with Crippen LogP contribution in [0, 0.1) is 17.1 Å². The molecular formula is C21H14ClFN4O6. The molecule has 1 saturated heterocycles. The first-order valence-electron chi connectivity index (χ1n) is 9.04. The molecule has 0 spiro atoms. The molecule has 1 aliphatic rings. The zero-order valence-corrected chi connectivity index (χ0v) is 17.8. The van der Waals surface area contributed by atoms with Crippen molar-refractivity contribution in [3.05, 3.63) is 58.4 Å². The summed E-state index contributed by atoms with van der Waals surface area (Å²) in [6, 6.07) is 7.43. The Morgan fingerprint density at radius 3 is 2.33 bits per heavy atom. The molecule has 1 fully saturated rings. The Hall–Kier alpha value is -4.43. The molecule has 3 rings (SSSR count). The fourth-order valence-electron chi connectivity index (χ4n) is 2.92. The number of ether oxygens (including phenoxy) is 2. The number of nitrogens with zero attached hydrogens (tertiary/aromatic N) is 2. The zero-order valence-electron chi connectivity index (χ0n) is 17.1. The number of nitrogens with one attached hydrogen (secondary N) is 2. The molecule has 5 amide bonds. The van der Waals surface area contributed by atoms with E-state index in [1.54, 1.807) is 0 Å². The number of anilines is 2. The second kappa shape index (κ2) is 9.37. The number of hydrogen-bond acceptors (Lipinski definition) is 7. The molecule has 12 heteroatoms. The SMILES string of the molecule is COc1cc(N2C(=O)NC(=O)/C(=C(/C#N)C(=O)Nc3ccc(F)cc3)C2=O)c(OC)cc1Cl. The van der Waals surface area contributed by atoms with Crippen LogP contribution in [0.2, 0.25) is 5.02 Å².